The number of benzene rings is 1. The lowest BCUT2D eigenvalue weighted by Gasteiger charge is -2.16. The van der Waals surface area contributed by atoms with Gasteiger partial charge in [0.2, 0.25) is 5.91 Å². The minimum absolute atomic E-state index is 0.235. The van der Waals surface area contributed by atoms with Crippen LogP contribution < -0.4 is 5.32 Å². The molecule has 1 amide bonds. The van der Waals surface area contributed by atoms with Gasteiger partial charge in [0.1, 0.15) is 0 Å². The van der Waals surface area contributed by atoms with E-state index in [-0.39, 0.29) is 5.91 Å². The van der Waals surface area contributed by atoms with Crippen molar-refractivity contribution in [3.8, 4) is 0 Å². The normalized spacial score (nSPS) is 11.9. The number of rotatable bonds is 6. The van der Waals surface area contributed by atoms with Crippen molar-refractivity contribution in [2.75, 3.05) is 12.0 Å². The summed E-state index contributed by atoms with van der Waals surface area (Å²) in [5, 5.41) is 11.8. The summed E-state index contributed by atoms with van der Waals surface area (Å²) in [5.74, 6) is -0.589. The highest BCUT2D eigenvalue weighted by molar-refractivity contribution is 7.98. The zero-order valence-corrected chi connectivity index (χ0v) is 12.2. The van der Waals surface area contributed by atoms with Gasteiger partial charge in [-0.15, -0.1) is 0 Å². The zero-order valence-electron chi connectivity index (χ0n) is 11.4. The van der Waals surface area contributed by atoms with Gasteiger partial charge in [0.25, 0.3) is 0 Å². The predicted molar refractivity (Wildman–Crippen MR) is 77.4 cm³/mol. The maximum Gasteiger partial charge on any atom is 0.330 e. The molecule has 0 saturated carbocycles. The second-order valence-corrected chi connectivity index (χ2v) is 5.49. The summed E-state index contributed by atoms with van der Waals surface area (Å²) < 4.78 is 0. The molecule has 1 aromatic carbocycles. The summed E-state index contributed by atoms with van der Waals surface area (Å²) in [6.07, 6.45) is 2.24. The number of hydrogen-bond acceptors (Lipinski definition) is 3. The molecular weight excluding hydrogens is 262 g/mol. The van der Waals surface area contributed by atoms with E-state index in [0.717, 1.165) is 11.1 Å². The molecule has 1 aromatic rings. The zero-order chi connectivity index (χ0) is 14.4. The predicted octanol–water partition coefficient (Wildman–Crippen LogP) is 2.30. The first-order valence-corrected chi connectivity index (χ1v) is 7.42. The monoisotopic (exact) mass is 281 g/mol. The van der Waals surface area contributed by atoms with Crippen molar-refractivity contribution in [2.45, 2.75) is 26.3 Å². The van der Waals surface area contributed by atoms with E-state index >= 15 is 0 Å². The first-order chi connectivity index (χ1) is 8.93. The quantitative estimate of drug-likeness (QED) is 0.839. The topological polar surface area (TPSA) is 66.4 Å². The third-order valence-electron chi connectivity index (χ3n) is 2.66. The van der Waals surface area contributed by atoms with Crippen LogP contribution >= 0.6 is 11.8 Å². The Kier molecular flexibility index (Phi) is 5.89. The lowest BCUT2D eigenvalue weighted by Crippen LogP contribution is -2.34. The van der Waals surface area contributed by atoms with Crippen LogP contribution in [0.1, 0.15) is 29.2 Å². The van der Waals surface area contributed by atoms with Crippen LogP contribution in [0.3, 0.4) is 0 Å². The van der Waals surface area contributed by atoms with Crippen molar-refractivity contribution < 1.29 is 14.7 Å². The van der Waals surface area contributed by atoms with E-state index in [1.165, 1.54) is 0 Å². The van der Waals surface area contributed by atoms with Crippen LogP contribution in [0.4, 0.5) is 0 Å². The Morgan fingerprint density at radius 1 is 1.26 bits per heavy atom. The number of aryl methyl sites for hydroxylation is 2. The molecule has 0 aliphatic rings. The smallest absolute Gasteiger partial charge is 0.330 e. The number of hydrogen-bond donors (Lipinski definition) is 2. The van der Waals surface area contributed by atoms with Crippen LogP contribution in [-0.2, 0) is 9.59 Å². The third-order valence-corrected chi connectivity index (χ3v) is 3.28. The highest BCUT2D eigenvalue weighted by Crippen LogP contribution is 2.17. The van der Waals surface area contributed by atoms with Crippen LogP contribution in [-0.4, -0.2) is 29.0 Å². The van der Waals surface area contributed by atoms with Crippen molar-refractivity contribution in [1.82, 2.24) is 5.32 Å². The first-order valence-electron chi connectivity index (χ1n) is 6.03. The summed E-state index contributed by atoms with van der Waals surface area (Å²) in [6, 6.07) is 4.58. The standard InChI is InChI=1S/C14H19NO3S/c1-9-6-10(2)8-11(7-9)13(14(17)18)15-12(16)4-5-19-3/h6-8,13H,4-5H2,1-3H3,(H,15,16)(H,17,18). The Bertz CT molecular complexity index is 454. The van der Waals surface area contributed by atoms with Crippen LogP contribution in [0.25, 0.3) is 0 Å². The molecule has 0 spiro atoms. The third kappa shape index (κ3) is 4.95. The largest absolute Gasteiger partial charge is 0.479 e. The number of amides is 1. The number of thioether (sulfide) groups is 1. The molecule has 2 N–H and O–H groups in total. The van der Waals surface area contributed by atoms with Gasteiger partial charge in [-0.05, 0) is 25.7 Å². The Morgan fingerprint density at radius 3 is 2.32 bits per heavy atom. The Hall–Kier alpha value is -1.49. The van der Waals surface area contributed by atoms with Crippen molar-refractivity contribution in [3.63, 3.8) is 0 Å². The summed E-state index contributed by atoms with van der Waals surface area (Å²) >= 11 is 1.56. The average Bonchev–Trinajstić information content (AvgIpc) is 2.31. The van der Waals surface area contributed by atoms with Crippen molar-refractivity contribution in [3.05, 3.63) is 34.9 Å². The molecule has 1 unspecified atom stereocenters. The summed E-state index contributed by atoms with van der Waals surface area (Å²) in [6.45, 7) is 3.82. The van der Waals surface area contributed by atoms with E-state index in [1.54, 1.807) is 23.9 Å². The van der Waals surface area contributed by atoms with E-state index < -0.39 is 12.0 Å². The van der Waals surface area contributed by atoms with Crippen LogP contribution in [0.15, 0.2) is 18.2 Å². The molecule has 1 atom stereocenters. The molecule has 0 aromatic heterocycles. The lowest BCUT2D eigenvalue weighted by atomic mass is 10.0. The van der Waals surface area contributed by atoms with E-state index in [9.17, 15) is 14.7 Å². The van der Waals surface area contributed by atoms with Crippen LogP contribution in [0, 0.1) is 13.8 Å². The molecule has 1 rings (SSSR count). The second kappa shape index (κ2) is 7.19. The van der Waals surface area contributed by atoms with E-state index in [2.05, 4.69) is 5.32 Å². The number of carboxylic acid groups (broad SMARTS) is 1. The summed E-state index contributed by atoms with van der Waals surface area (Å²) in [4.78, 5) is 23.0. The fraction of sp³-hybridized carbons (Fsp3) is 0.429. The van der Waals surface area contributed by atoms with Crippen LogP contribution in [0.2, 0.25) is 0 Å². The number of carbonyl (C=O) groups is 2. The fourth-order valence-electron chi connectivity index (χ4n) is 1.89. The van der Waals surface area contributed by atoms with Gasteiger partial charge < -0.3 is 10.4 Å². The Balaban J connectivity index is 2.88. The minimum Gasteiger partial charge on any atom is -0.479 e. The molecule has 0 bridgehead atoms. The molecule has 5 heteroatoms. The Morgan fingerprint density at radius 2 is 1.84 bits per heavy atom. The molecule has 0 heterocycles. The molecule has 0 aliphatic heterocycles. The average molecular weight is 281 g/mol. The minimum atomic E-state index is -1.04. The highest BCUT2D eigenvalue weighted by atomic mass is 32.2. The van der Waals surface area contributed by atoms with Gasteiger partial charge in [0.15, 0.2) is 6.04 Å². The maximum atomic E-state index is 11.7. The van der Waals surface area contributed by atoms with Crippen LogP contribution in [0.5, 0.6) is 0 Å². The fourth-order valence-corrected chi connectivity index (χ4v) is 2.28. The maximum absolute atomic E-state index is 11.7. The van der Waals surface area contributed by atoms with E-state index in [4.69, 9.17) is 0 Å². The number of carboxylic acids is 1. The summed E-state index contributed by atoms with van der Waals surface area (Å²) in [7, 11) is 0. The molecule has 0 fully saturated rings. The summed E-state index contributed by atoms with van der Waals surface area (Å²) in [5.41, 5.74) is 2.58. The number of carbonyl (C=O) groups excluding carboxylic acids is 1. The number of aliphatic carboxylic acids is 1. The highest BCUT2D eigenvalue weighted by Gasteiger charge is 2.22. The SMILES string of the molecule is CSCCC(=O)NC(C(=O)O)c1cc(C)cc(C)c1. The molecular formula is C14H19NO3S. The molecule has 4 nitrogen and oxygen atoms in total. The van der Waals surface area contributed by atoms with E-state index in [1.807, 2.05) is 26.2 Å². The van der Waals surface area contributed by atoms with Crippen molar-refractivity contribution >= 4 is 23.6 Å². The van der Waals surface area contributed by atoms with Crippen molar-refractivity contribution in [1.29, 1.82) is 0 Å². The van der Waals surface area contributed by atoms with Gasteiger partial charge in [-0.1, -0.05) is 29.3 Å². The van der Waals surface area contributed by atoms with Crippen molar-refractivity contribution in [2.24, 2.45) is 0 Å². The van der Waals surface area contributed by atoms with Gasteiger partial charge in [-0.2, -0.15) is 11.8 Å². The van der Waals surface area contributed by atoms with Gasteiger partial charge >= 0.3 is 5.97 Å². The Labute approximate surface area is 117 Å². The van der Waals surface area contributed by atoms with Gasteiger partial charge in [-0.3, -0.25) is 4.79 Å². The lowest BCUT2D eigenvalue weighted by molar-refractivity contribution is -0.142. The molecule has 19 heavy (non-hydrogen) atoms. The molecule has 0 aliphatic carbocycles. The number of nitrogens with one attached hydrogen (secondary N) is 1. The van der Waals surface area contributed by atoms with Gasteiger partial charge in [-0.25, -0.2) is 4.79 Å². The van der Waals surface area contributed by atoms with Gasteiger partial charge in [0, 0.05) is 12.2 Å². The van der Waals surface area contributed by atoms with E-state index in [0.29, 0.717) is 17.7 Å². The second-order valence-electron chi connectivity index (χ2n) is 4.50. The van der Waals surface area contributed by atoms with Gasteiger partial charge in [0.05, 0.1) is 0 Å². The first kappa shape index (κ1) is 15.6. The molecule has 0 radical (unpaired) electrons. The molecule has 104 valence electrons. The molecule has 0 saturated heterocycles.